The molecule has 0 aliphatic carbocycles. The van der Waals surface area contributed by atoms with Gasteiger partial charge in [0.15, 0.2) is 0 Å². The Labute approximate surface area is 105 Å². The summed E-state index contributed by atoms with van der Waals surface area (Å²) in [7, 11) is 0. The number of aromatic carboxylic acids is 1. The Bertz CT molecular complexity index is 460. The second kappa shape index (κ2) is 5.90. The Morgan fingerprint density at radius 1 is 1.44 bits per heavy atom. The largest absolute Gasteiger partial charge is 0.478 e. The van der Waals surface area contributed by atoms with Crippen LogP contribution in [0.5, 0.6) is 0 Å². The maximum atomic E-state index is 11.6. The van der Waals surface area contributed by atoms with Crippen LogP contribution in [0.2, 0.25) is 0 Å². The van der Waals surface area contributed by atoms with Gasteiger partial charge in [0.1, 0.15) is 6.04 Å². The van der Waals surface area contributed by atoms with Gasteiger partial charge < -0.3 is 21.5 Å². The van der Waals surface area contributed by atoms with E-state index in [0.29, 0.717) is 12.2 Å². The van der Waals surface area contributed by atoms with Crippen molar-refractivity contribution < 1.29 is 14.7 Å². The molecule has 0 spiro atoms. The van der Waals surface area contributed by atoms with Gasteiger partial charge in [-0.25, -0.2) is 4.79 Å². The fraction of sp³-hybridized carbons (Fsp3) is 0.333. The highest BCUT2D eigenvalue weighted by Crippen LogP contribution is 2.24. The third-order valence-electron chi connectivity index (χ3n) is 2.43. The zero-order chi connectivity index (χ0) is 13.7. The molecule has 18 heavy (non-hydrogen) atoms. The van der Waals surface area contributed by atoms with Crippen molar-refractivity contribution in [2.45, 2.75) is 19.9 Å². The van der Waals surface area contributed by atoms with Gasteiger partial charge in [-0.05, 0) is 26.0 Å². The van der Waals surface area contributed by atoms with Crippen molar-refractivity contribution in [3.8, 4) is 0 Å². The number of anilines is 2. The van der Waals surface area contributed by atoms with Gasteiger partial charge >= 0.3 is 5.97 Å². The van der Waals surface area contributed by atoms with Crippen molar-refractivity contribution in [3.63, 3.8) is 0 Å². The standard InChI is InChI=1S/C12H17N3O3/c1-3-14-11(16)7(2)15-10-8(12(17)18)5-4-6-9(10)13/h4-7,15H,3,13H2,1-2H3,(H,14,16)(H,17,18). The number of benzene rings is 1. The van der Waals surface area contributed by atoms with Crippen LogP contribution in [0.15, 0.2) is 18.2 Å². The number of amides is 1. The molecule has 0 aliphatic heterocycles. The summed E-state index contributed by atoms with van der Waals surface area (Å²) in [5, 5.41) is 14.5. The average Bonchev–Trinajstić information content (AvgIpc) is 2.31. The van der Waals surface area contributed by atoms with Crippen molar-refractivity contribution in [1.29, 1.82) is 0 Å². The zero-order valence-electron chi connectivity index (χ0n) is 10.4. The van der Waals surface area contributed by atoms with E-state index < -0.39 is 12.0 Å². The number of carboxylic acids is 1. The van der Waals surface area contributed by atoms with E-state index in [0.717, 1.165) is 0 Å². The summed E-state index contributed by atoms with van der Waals surface area (Å²) < 4.78 is 0. The quantitative estimate of drug-likeness (QED) is 0.582. The van der Waals surface area contributed by atoms with E-state index in [1.807, 2.05) is 6.92 Å². The molecule has 0 aliphatic rings. The highest BCUT2D eigenvalue weighted by atomic mass is 16.4. The molecular formula is C12H17N3O3. The van der Waals surface area contributed by atoms with Crippen molar-refractivity contribution in [2.24, 2.45) is 0 Å². The monoisotopic (exact) mass is 251 g/mol. The number of hydrogen-bond acceptors (Lipinski definition) is 4. The molecule has 1 atom stereocenters. The minimum atomic E-state index is -1.09. The summed E-state index contributed by atoms with van der Waals surface area (Å²) in [5.41, 5.74) is 6.34. The van der Waals surface area contributed by atoms with Gasteiger partial charge in [0, 0.05) is 6.54 Å². The predicted octanol–water partition coefficient (Wildman–Crippen LogP) is 0.903. The molecule has 1 amide bonds. The summed E-state index contributed by atoms with van der Waals surface area (Å²) in [6.45, 7) is 3.97. The van der Waals surface area contributed by atoms with Crippen LogP contribution in [0.1, 0.15) is 24.2 Å². The fourth-order valence-corrected chi connectivity index (χ4v) is 1.52. The van der Waals surface area contributed by atoms with E-state index >= 15 is 0 Å². The highest BCUT2D eigenvalue weighted by Gasteiger charge is 2.17. The van der Waals surface area contributed by atoms with E-state index in [4.69, 9.17) is 10.8 Å². The third kappa shape index (κ3) is 3.13. The lowest BCUT2D eigenvalue weighted by Gasteiger charge is -2.17. The summed E-state index contributed by atoms with van der Waals surface area (Å²) in [6.07, 6.45) is 0. The van der Waals surface area contributed by atoms with Gasteiger partial charge in [0.05, 0.1) is 16.9 Å². The van der Waals surface area contributed by atoms with Crippen molar-refractivity contribution in [1.82, 2.24) is 5.32 Å². The molecule has 0 saturated heterocycles. The molecule has 0 heterocycles. The topological polar surface area (TPSA) is 104 Å². The lowest BCUT2D eigenvalue weighted by atomic mass is 10.1. The number of para-hydroxylation sites is 1. The molecule has 1 aromatic rings. The first kappa shape index (κ1) is 13.8. The first-order chi connectivity index (χ1) is 8.47. The van der Waals surface area contributed by atoms with Crippen LogP contribution >= 0.6 is 0 Å². The van der Waals surface area contributed by atoms with E-state index in [2.05, 4.69) is 10.6 Å². The number of likely N-dealkylation sites (N-methyl/N-ethyl adjacent to an activating group) is 1. The molecule has 6 nitrogen and oxygen atoms in total. The second-order valence-corrected chi connectivity index (χ2v) is 3.84. The van der Waals surface area contributed by atoms with Gasteiger partial charge in [-0.1, -0.05) is 6.07 Å². The molecule has 1 unspecified atom stereocenters. The Balaban J connectivity index is 2.96. The maximum Gasteiger partial charge on any atom is 0.337 e. The summed E-state index contributed by atoms with van der Waals surface area (Å²) in [5.74, 6) is -1.30. The molecular weight excluding hydrogens is 234 g/mol. The van der Waals surface area contributed by atoms with E-state index in [1.54, 1.807) is 19.1 Å². The Morgan fingerprint density at radius 3 is 2.67 bits per heavy atom. The number of carboxylic acid groups (broad SMARTS) is 1. The first-order valence-electron chi connectivity index (χ1n) is 5.63. The Hall–Kier alpha value is -2.24. The molecule has 0 saturated carbocycles. The van der Waals surface area contributed by atoms with Gasteiger partial charge in [0.2, 0.25) is 5.91 Å². The minimum absolute atomic E-state index is 0.0474. The third-order valence-corrected chi connectivity index (χ3v) is 2.43. The van der Waals surface area contributed by atoms with Crippen molar-refractivity contribution in [2.75, 3.05) is 17.6 Å². The Kier molecular flexibility index (Phi) is 4.53. The number of hydrogen-bond donors (Lipinski definition) is 4. The van der Waals surface area contributed by atoms with Gasteiger partial charge in [0.25, 0.3) is 0 Å². The number of carbonyl (C=O) groups is 2. The van der Waals surface area contributed by atoms with Crippen LogP contribution in [0.4, 0.5) is 11.4 Å². The van der Waals surface area contributed by atoms with Crippen LogP contribution in [0, 0.1) is 0 Å². The van der Waals surface area contributed by atoms with Crippen LogP contribution in [-0.4, -0.2) is 29.6 Å². The van der Waals surface area contributed by atoms with Crippen LogP contribution in [-0.2, 0) is 4.79 Å². The van der Waals surface area contributed by atoms with Crippen LogP contribution in [0.25, 0.3) is 0 Å². The van der Waals surface area contributed by atoms with E-state index in [1.165, 1.54) is 6.07 Å². The molecule has 98 valence electrons. The normalized spacial score (nSPS) is 11.7. The second-order valence-electron chi connectivity index (χ2n) is 3.84. The molecule has 0 bridgehead atoms. The Morgan fingerprint density at radius 2 is 2.11 bits per heavy atom. The molecule has 5 N–H and O–H groups in total. The van der Waals surface area contributed by atoms with Gasteiger partial charge in [-0.3, -0.25) is 4.79 Å². The molecule has 0 radical (unpaired) electrons. The summed E-state index contributed by atoms with van der Waals surface area (Å²) >= 11 is 0. The molecule has 1 rings (SSSR count). The first-order valence-corrected chi connectivity index (χ1v) is 5.63. The number of nitrogens with one attached hydrogen (secondary N) is 2. The SMILES string of the molecule is CCNC(=O)C(C)Nc1c(N)cccc1C(=O)O. The van der Waals surface area contributed by atoms with Crippen LogP contribution < -0.4 is 16.4 Å². The predicted molar refractivity (Wildman–Crippen MR) is 69.6 cm³/mol. The smallest absolute Gasteiger partial charge is 0.337 e. The lowest BCUT2D eigenvalue weighted by Crippen LogP contribution is -2.37. The molecule has 6 heteroatoms. The van der Waals surface area contributed by atoms with Gasteiger partial charge in [-0.15, -0.1) is 0 Å². The fourth-order valence-electron chi connectivity index (χ4n) is 1.52. The van der Waals surface area contributed by atoms with Crippen LogP contribution in [0.3, 0.4) is 0 Å². The van der Waals surface area contributed by atoms with E-state index in [-0.39, 0.29) is 17.2 Å². The molecule has 1 aromatic carbocycles. The molecule has 0 fully saturated rings. The number of nitrogens with two attached hydrogens (primary N) is 1. The minimum Gasteiger partial charge on any atom is -0.478 e. The number of carbonyl (C=O) groups excluding carboxylic acids is 1. The number of rotatable bonds is 5. The number of nitrogen functional groups attached to an aromatic ring is 1. The highest BCUT2D eigenvalue weighted by molar-refractivity contribution is 5.98. The average molecular weight is 251 g/mol. The lowest BCUT2D eigenvalue weighted by molar-refractivity contribution is -0.121. The zero-order valence-corrected chi connectivity index (χ0v) is 10.4. The van der Waals surface area contributed by atoms with Crippen molar-refractivity contribution in [3.05, 3.63) is 23.8 Å². The summed E-state index contributed by atoms with van der Waals surface area (Å²) in [4.78, 5) is 22.6. The molecule has 0 aromatic heterocycles. The summed E-state index contributed by atoms with van der Waals surface area (Å²) in [6, 6.07) is 4.01. The van der Waals surface area contributed by atoms with E-state index in [9.17, 15) is 9.59 Å². The van der Waals surface area contributed by atoms with Gasteiger partial charge in [-0.2, -0.15) is 0 Å². The van der Waals surface area contributed by atoms with Crippen molar-refractivity contribution >= 4 is 23.3 Å². The maximum absolute atomic E-state index is 11.6.